The highest BCUT2D eigenvalue weighted by Gasteiger charge is 2.21. The van der Waals surface area contributed by atoms with Crippen molar-refractivity contribution >= 4 is 58.0 Å². The molecule has 100 valence electrons. The quantitative estimate of drug-likeness (QED) is 0.499. The molecule has 19 heavy (non-hydrogen) atoms. The molecule has 1 aromatic carbocycles. The summed E-state index contributed by atoms with van der Waals surface area (Å²) in [6, 6.07) is 3.05. The lowest BCUT2D eigenvalue weighted by atomic mass is 10.1. The summed E-state index contributed by atoms with van der Waals surface area (Å²) in [5.41, 5.74) is 1.27. The van der Waals surface area contributed by atoms with Gasteiger partial charge in [-0.3, -0.25) is 0 Å². The Balaban J connectivity index is 2.79. The Labute approximate surface area is 134 Å². The van der Waals surface area contributed by atoms with Crippen LogP contribution in [0.15, 0.2) is 12.1 Å². The second-order valence-electron chi connectivity index (χ2n) is 3.75. The number of aromatic nitrogens is 1. The minimum atomic E-state index is 0.0714. The molecule has 0 aliphatic rings. The summed E-state index contributed by atoms with van der Waals surface area (Å²) in [5, 5.41) is 10.1. The first-order chi connectivity index (χ1) is 8.84. The van der Waals surface area contributed by atoms with Crippen molar-refractivity contribution in [2.45, 2.75) is 6.92 Å². The van der Waals surface area contributed by atoms with Gasteiger partial charge in [-0.15, -0.1) is 0 Å². The molecule has 0 aliphatic heterocycles. The number of halogens is 5. The molecule has 0 unspecified atom stereocenters. The van der Waals surface area contributed by atoms with E-state index in [-0.39, 0.29) is 30.9 Å². The summed E-state index contributed by atoms with van der Waals surface area (Å²) >= 11 is 30.2. The maximum atomic E-state index is 9.48. The molecule has 7 heteroatoms. The van der Waals surface area contributed by atoms with Gasteiger partial charge in [-0.1, -0.05) is 58.0 Å². The highest BCUT2D eigenvalue weighted by molar-refractivity contribution is 6.56. The first-order valence-electron chi connectivity index (χ1n) is 5.03. The Bertz CT molecular complexity index is 643. The van der Waals surface area contributed by atoms with Crippen molar-refractivity contribution in [1.29, 1.82) is 0 Å². The number of rotatable bonds is 1. The normalized spacial score (nSPS) is 10.8. The van der Waals surface area contributed by atoms with Crippen molar-refractivity contribution < 1.29 is 5.11 Å². The van der Waals surface area contributed by atoms with Gasteiger partial charge in [0.05, 0.1) is 36.5 Å². The van der Waals surface area contributed by atoms with Crippen molar-refractivity contribution in [3.63, 3.8) is 0 Å². The van der Waals surface area contributed by atoms with Crippen LogP contribution in [0.5, 0.6) is 5.75 Å². The highest BCUT2D eigenvalue weighted by atomic mass is 35.5. The molecule has 0 bridgehead atoms. The molecule has 2 nitrogen and oxygen atoms in total. The van der Waals surface area contributed by atoms with Crippen LogP contribution in [-0.4, -0.2) is 10.1 Å². The largest absolute Gasteiger partial charge is 0.506 e. The van der Waals surface area contributed by atoms with Gasteiger partial charge in [0.25, 0.3) is 0 Å². The van der Waals surface area contributed by atoms with Crippen molar-refractivity contribution in [1.82, 2.24) is 4.98 Å². The molecule has 0 spiro atoms. The van der Waals surface area contributed by atoms with E-state index >= 15 is 0 Å². The van der Waals surface area contributed by atoms with Gasteiger partial charge in [0.1, 0.15) is 5.75 Å². The molecule has 0 atom stereocenters. The second-order valence-corrected chi connectivity index (χ2v) is 5.64. The highest BCUT2D eigenvalue weighted by Crippen LogP contribution is 2.47. The second kappa shape index (κ2) is 5.55. The number of benzene rings is 1. The summed E-state index contributed by atoms with van der Waals surface area (Å²) in [7, 11) is 0. The molecule has 0 saturated carbocycles. The standard InChI is InChI=1S/C12H6Cl5NO/c1-4-6(19)3-2-5(18-4)7-8(13)10(15)12(17)11(16)9(7)14/h2-3,19H,1H3. The SMILES string of the molecule is Cc1nc(-c2c(Cl)c(Cl)c(Cl)c(Cl)c2Cl)ccc1O. The van der Waals surface area contributed by atoms with Crippen LogP contribution in [0.2, 0.25) is 25.1 Å². The van der Waals surface area contributed by atoms with Gasteiger partial charge in [-0.05, 0) is 19.1 Å². The van der Waals surface area contributed by atoms with Crippen LogP contribution in [0.1, 0.15) is 5.69 Å². The predicted molar refractivity (Wildman–Crippen MR) is 81.1 cm³/mol. The van der Waals surface area contributed by atoms with E-state index in [1.54, 1.807) is 13.0 Å². The van der Waals surface area contributed by atoms with Gasteiger partial charge >= 0.3 is 0 Å². The predicted octanol–water partition coefficient (Wildman–Crippen LogP) is 6.03. The number of pyridine rings is 1. The fraction of sp³-hybridized carbons (Fsp3) is 0.0833. The minimum Gasteiger partial charge on any atom is -0.506 e. The molecule has 2 rings (SSSR count). The smallest absolute Gasteiger partial charge is 0.136 e. The van der Waals surface area contributed by atoms with Crippen molar-refractivity contribution in [3.8, 4) is 17.0 Å². The van der Waals surface area contributed by atoms with Gasteiger partial charge in [-0.2, -0.15) is 0 Å². The molecule has 1 aromatic heterocycles. The van der Waals surface area contributed by atoms with E-state index in [2.05, 4.69) is 4.98 Å². The summed E-state index contributed by atoms with van der Waals surface area (Å²) < 4.78 is 0. The monoisotopic (exact) mass is 355 g/mol. The lowest BCUT2D eigenvalue weighted by Crippen LogP contribution is -1.91. The van der Waals surface area contributed by atoms with Crippen LogP contribution in [0.4, 0.5) is 0 Å². The van der Waals surface area contributed by atoms with Crippen LogP contribution in [0.25, 0.3) is 11.3 Å². The lowest BCUT2D eigenvalue weighted by molar-refractivity contribution is 0.468. The Morgan fingerprint density at radius 1 is 0.842 bits per heavy atom. The maximum Gasteiger partial charge on any atom is 0.136 e. The summed E-state index contributed by atoms with van der Waals surface area (Å²) in [5.74, 6) is 0.0714. The van der Waals surface area contributed by atoms with Gasteiger partial charge in [-0.25, -0.2) is 4.98 Å². The molecular formula is C12H6Cl5NO. The van der Waals surface area contributed by atoms with Crippen LogP contribution in [0.3, 0.4) is 0 Å². The van der Waals surface area contributed by atoms with Crippen LogP contribution >= 0.6 is 58.0 Å². The zero-order valence-electron chi connectivity index (χ0n) is 9.44. The van der Waals surface area contributed by atoms with E-state index in [0.717, 1.165) is 0 Å². The average molecular weight is 357 g/mol. The fourth-order valence-electron chi connectivity index (χ4n) is 1.52. The Morgan fingerprint density at radius 2 is 1.32 bits per heavy atom. The van der Waals surface area contributed by atoms with Crippen molar-refractivity contribution in [2.24, 2.45) is 0 Å². The molecule has 0 amide bonds. The third-order valence-electron chi connectivity index (χ3n) is 2.52. The van der Waals surface area contributed by atoms with Crippen LogP contribution in [0, 0.1) is 6.92 Å². The lowest BCUT2D eigenvalue weighted by Gasteiger charge is -2.12. The molecule has 1 N–H and O–H groups in total. The van der Waals surface area contributed by atoms with Crippen LogP contribution in [-0.2, 0) is 0 Å². The minimum absolute atomic E-state index is 0.0714. The first kappa shape index (κ1) is 15.0. The van der Waals surface area contributed by atoms with Gasteiger partial charge in [0.15, 0.2) is 0 Å². The number of aryl methyl sites for hydroxylation is 1. The van der Waals surface area contributed by atoms with Gasteiger partial charge in [0, 0.05) is 5.56 Å². The maximum absolute atomic E-state index is 9.48. The average Bonchev–Trinajstić information content (AvgIpc) is 2.38. The summed E-state index contributed by atoms with van der Waals surface area (Å²) in [6.07, 6.45) is 0. The molecular weight excluding hydrogens is 351 g/mol. The van der Waals surface area contributed by atoms with Crippen LogP contribution < -0.4 is 0 Å². The molecule has 0 saturated heterocycles. The third kappa shape index (κ3) is 2.61. The first-order valence-corrected chi connectivity index (χ1v) is 6.92. The Hall–Kier alpha value is -0.380. The van der Waals surface area contributed by atoms with E-state index in [9.17, 15) is 5.11 Å². The molecule has 1 heterocycles. The summed E-state index contributed by atoms with van der Waals surface area (Å²) in [6.45, 7) is 1.65. The zero-order chi connectivity index (χ0) is 14.3. The number of aromatic hydroxyl groups is 1. The van der Waals surface area contributed by atoms with Gasteiger partial charge < -0.3 is 5.11 Å². The number of hydrogen-bond donors (Lipinski definition) is 1. The topological polar surface area (TPSA) is 33.1 Å². The van der Waals surface area contributed by atoms with Crippen molar-refractivity contribution in [2.75, 3.05) is 0 Å². The van der Waals surface area contributed by atoms with E-state index in [1.807, 2.05) is 0 Å². The molecule has 0 radical (unpaired) electrons. The molecule has 2 aromatic rings. The molecule has 0 aliphatic carbocycles. The molecule has 0 fully saturated rings. The van der Waals surface area contributed by atoms with E-state index in [0.29, 0.717) is 17.0 Å². The van der Waals surface area contributed by atoms with Crippen molar-refractivity contribution in [3.05, 3.63) is 42.9 Å². The number of hydrogen-bond acceptors (Lipinski definition) is 2. The Kier molecular flexibility index (Phi) is 4.38. The third-order valence-corrected chi connectivity index (χ3v) is 4.80. The summed E-state index contributed by atoms with van der Waals surface area (Å²) in [4.78, 5) is 4.20. The van der Waals surface area contributed by atoms with E-state index in [4.69, 9.17) is 58.0 Å². The van der Waals surface area contributed by atoms with E-state index in [1.165, 1.54) is 6.07 Å². The zero-order valence-corrected chi connectivity index (χ0v) is 13.2. The number of nitrogens with zero attached hydrogens (tertiary/aromatic N) is 1. The van der Waals surface area contributed by atoms with E-state index < -0.39 is 0 Å². The Morgan fingerprint density at radius 3 is 1.79 bits per heavy atom. The fourth-order valence-corrected chi connectivity index (χ4v) is 2.85. The van der Waals surface area contributed by atoms with Gasteiger partial charge in [0.2, 0.25) is 0 Å².